The Balaban J connectivity index is 1.81. The van der Waals surface area contributed by atoms with E-state index in [2.05, 4.69) is 5.16 Å². The average Bonchev–Trinajstić information content (AvgIpc) is 3.14. The fraction of sp³-hybridized carbons (Fsp3) is 0.438. The van der Waals surface area contributed by atoms with Crippen molar-refractivity contribution in [2.75, 3.05) is 5.73 Å². The first-order valence-electron chi connectivity index (χ1n) is 7.24. The van der Waals surface area contributed by atoms with E-state index in [1.165, 1.54) is 25.3 Å². The largest absolute Gasteiger partial charge is 0.367 e. The molecule has 0 spiro atoms. The summed E-state index contributed by atoms with van der Waals surface area (Å²) in [5, 5.41) is 4.17. The van der Waals surface area contributed by atoms with E-state index in [4.69, 9.17) is 10.3 Å². The minimum atomic E-state index is -0.271. The highest BCUT2D eigenvalue weighted by Crippen LogP contribution is 2.54. The van der Waals surface area contributed by atoms with E-state index in [0.29, 0.717) is 23.0 Å². The first-order chi connectivity index (χ1) is 9.74. The van der Waals surface area contributed by atoms with Gasteiger partial charge in [0.25, 0.3) is 0 Å². The van der Waals surface area contributed by atoms with Crippen LogP contribution in [0.25, 0.3) is 11.1 Å². The van der Waals surface area contributed by atoms with E-state index in [0.717, 1.165) is 18.0 Å². The van der Waals surface area contributed by atoms with Gasteiger partial charge in [0.15, 0.2) is 0 Å². The maximum Gasteiger partial charge on any atom is 0.230 e. The lowest BCUT2D eigenvalue weighted by molar-refractivity contribution is 0.375. The topological polar surface area (TPSA) is 52.0 Å². The number of hydrogen-bond acceptors (Lipinski definition) is 3. The molecule has 0 radical (unpaired) electrons. The van der Waals surface area contributed by atoms with E-state index < -0.39 is 0 Å². The number of rotatable bonds is 2. The number of halogens is 1. The molecule has 3 nitrogen and oxygen atoms in total. The highest BCUT2D eigenvalue weighted by Gasteiger charge is 2.43. The molecule has 1 heterocycles. The lowest BCUT2D eigenvalue weighted by Gasteiger charge is -2.20. The zero-order chi connectivity index (χ0) is 13.7. The summed E-state index contributed by atoms with van der Waals surface area (Å²) in [6.45, 7) is 0. The van der Waals surface area contributed by atoms with Crippen molar-refractivity contribution in [3.63, 3.8) is 0 Å². The second kappa shape index (κ2) is 4.33. The summed E-state index contributed by atoms with van der Waals surface area (Å²) >= 11 is 0. The van der Waals surface area contributed by atoms with Crippen LogP contribution in [0.2, 0.25) is 0 Å². The van der Waals surface area contributed by atoms with E-state index in [1.807, 2.05) is 6.07 Å². The van der Waals surface area contributed by atoms with Gasteiger partial charge in [0.2, 0.25) is 5.88 Å². The van der Waals surface area contributed by atoms with Gasteiger partial charge in [0.05, 0.1) is 11.3 Å². The third-order valence-electron chi connectivity index (χ3n) is 4.98. The van der Waals surface area contributed by atoms with Crippen molar-refractivity contribution in [1.82, 2.24) is 5.16 Å². The van der Waals surface area contributed by atoms with Gasteiger partial charge in [0.1, 0.15) is 5.82 Å². The standard InChI is InChI=1S/C16H17FN2O/c17-13-4-2-1-3-11(13)14-15(19-20-16(14)18)12-8-9-5-6-10(12)7-9/h1-4,9-10,12H,5-8,18H2. The third-order valence-corrected chi connectivity index (χ3v) is 4.98. The molecular formula is C16H17FN2O. The van der Waals surface area contributed by atoms with Crippen molar-refractivity contribution < 1.29 is 8.91 Å². The van der Waals surface area contributed by atoms with Gasteiger partial charge in [-0.15, -0.1) is 0 Å². The highest BCUT2D eigenvalue weighted by molar-refractivity contribution is 5.76. The van der Waals surface area contributed by atoms with Crippen LogP contribution in [0, 0.1) is 17.7 Å². The number of anilines is 1. The van der Waals surface area contributed by atoms with Crippen LogP contribution in [0.4, 0.5) is 10.3 Å². The van der Waals surface area contributed by atoms with Crippen LogP contribution < -0.4 is 5.73 Å². The van der Waals surface area contributed by atoms with E-state index in [9.17, 15) is 4.39 Å². The summed E-state index contributed by atoms with van der Waals surface area (Å²) in [6.07, 6.45) is 4.98. The van der Waals surface area contributed by atoms with Gasteiger partial charge in [0, 0.05) is 11.5 Å². The second-order valence-corrected chi connectivity index (χ2v) is 6.07. The van der Waals surface area contributed by atoms with E-state index >= 15 is 0 Å². The Labute approximate surface area is 117 Å². The number of nitrogens with zero attached hydrogens (tertiary/aromatic N) is 1. The average molecular weight is 272 g/mol. The predicted molar refractivity (Wildman–Crippen MR) is 74.5 cm³/mol. The quantitative estimate of drug-likeness (QED) is 0.900. The summed E-state index contributed by atoms with van der Waals surface area (Å²) in [5.74, 6) is 1.80. The van der Waals surface area contributed by atoms with E-state index in [1.54, 1.807) is 12.1 Å². The minimum Gasteiger partial charge on any atom is -0.367 e. The fourth-order valence-corrected chi connectivity index (χ4v) is 4.08. The Bertz CT molecular complexity index is 652. The Morgan fingerprint density at radius 1 is 1.20 bits per heavy atom. The van der Waals surface area contributed by atoms with Gasteiger partial charge < -0.3 is 10.3 Å². The normalized spacial score (nSPS) is 28.1. The van der Waals surface area contributed by atoms with Gasteiger partial charge in [-0.25, -0.2) is 4.39 Å². The Hall–Kier alpha value is -1.84. The molecule has 0 saturated heterocycles. The van der Waals surface area contributed by atoms with Crippen LogP contribution in [-0.2, 0) is 0 Å². The third kappa shape index (κ3) is 1.67. The molecule has 2 fully saturated rings. The minimum absolute atomic E-state index is 0.230. The Morgan fingerprint density at radius 2 is 2.05 bits per heavy atom. The molecule has 20 heavy (non-hydrogen) atoms. The molecule has 2 aliphatic rings. The molecule has 2 saturated carbocycles. The molecule has 104 valence electrons. The molecule has 4 rings (SSSR count). The SMILES string of the molecule is Nc1onc(C2CC3CCC2C3)c1-c1ccccc1F. The summed E-state index contributed by atoms with van der Waals surface area (Å²) in [4.78, 5) is 0. The van der Waals surface area contributed by atoms with Crippen molar-refractivity contribution in [1.29, 1.82) is 0 Å². The molecule has 4 heteroatoms. The lowest BCUT2D eigenvalue weighted by atomic mass is 9.84. The maximum atomic E-state index is 14.1. The molecule has 2 N–H and O–H groups in total. The van der Waals surface area contributed by atoms with E-state index in [-0.39, 0.29) is 11.7 Å². The molecular weight excluding hydrogens is 255 g/mol. The smallest absolute Gasteiger partial charge is 0.230 e. The maximum absolute atomic E-state index is 14.1. The molecule has 0 aliphatic heterocycles. The Morgan fingerprint density at radius 3 is 2.75 bits per heavy atom. The van der Waals surface area contributed by atoms with Gasteiger partial charge in [-0.05, 0) is 37.2 Å². The fourth-order valence-electron chi connectivity index (χ4n) is 4.08. The number of benzene rings is 1. The van der Waals surface area contributed by atoms with Gasteiger partial charge in [-0.3, -0.25) is 0 Å². The molecule has 1 aromatic carbocycles. The molecule has 1 aromatic heterocycles. The van der Waals surface area contributed by atoms with Crippen molar-refractivity contribution in [3.05, 3.63) is 35.8 Å². The highest BCUT2D eigenvalue weighted by atomic mass is 19.1. The summed E-state index contributed by atoms with van der Waals surface area (Å²) in [7, 11) is 0. The van der Waals surface area contributed by atoms with Crippen molar-refractivity contribution in [2.24, 2.45) is 11.8 Å². The lowest BCUT2D eigenvalue weighted by Crippen LogP contribution is -2.10. The van der Waals surface area contributed by atoms with Crippen molar-refractivity contribution in [2.45, 2.75) is 31.6 Å². The molecule has 3 unspecified atom stereocenters. The molecule has 0 amide bonds. The monoisotopic (exact) mass is 272 g/mol. The summed E-state index contributed by atoms with van der Waals surface area (Å²) in [5.41, 5.74) is 7.94. The zero-order valence-electron chi connectivity index (χ0n) is 11.2. The van der Waals surface area contributed by atoms with Crippen LogP contribution in [0.5, 0.6) is 0 Å². The predicted octanol–water partition coefficient (Wildman–Crippen LogP) is 3.97. The zero-order valence-corrected chi connectivity index (χ0v) is 11.2. The van der Waals surface area contributed by atoms with Crippen molar-refractivity contribution >= 4 is 5.88 Å². The molecule has 2 bridgehead atoms. The van der Waals surface area contributed by atoms with Gasteiger partial charge in [-0.1, -0.05) is 29.8 Å². The number of hydrogen-bond donors (Lipinski definition) is 1. The molecule has 2 aliphatic carbocycles. The van der Waals surface area contributed by atoms with Crippen LogP contribution in [-0.4, -0.2) is 5.16 Å². The van der Waals surface area contributed by atoms with Crippen LogP contribution >= 0.6 is 0 Å². The summed E-state index contributed by atoms with van der Waals surface area (Å²) < 4.78 is 19.2. The number of fused-ring (bicyclic) bond motifs is 2. The van der Waals surface area contributed by atoms with Gasteiger partial charge >= 0.3 is 0 Å². The van der Waals surface area contributed by atoms with Crippen molar-refractivity contribution in [3.8, 4) is 11.1 Å². The molecule has 2 aromatic rings. The summed E-state index contributed by atoms with van der Waals surface area (Å²) in [6, 6.07) is 6.69. The Kier molecular flexibility index (Phi) is 2.59. The molecule has 3 atom stereocenters. The second-order valence-electron chi connectivity index (χ2n) is 6.07. The van der Waals surface area contributed by atoms with Crippen LogP contribution in [0.3, 0.4) is 0 Å². The first-order valence-corrected chi connectivity index (χ1v) is 7.24. The number of aromatic nitrogens is 1. The van der Waals surface area contributed by atoms with Crippen LogP contribution in [0.15, 0.2) is 28.8 Å². The number of nitrogens with two attached hydrogens (primary N) is 1. The number of nitrogen functional groups attached to an aromatic ring is 1. The van der Waals surface area contributed by atoms with Crippen LogP contribution in [0.1, 0.15) is 37.3 Å². The van der Waals surface area contributed by atoms with Gasteiger partial charge in [-0.2, -0.15) is 0 Å². The first kappa shape index (κ1) is 11.9.